The SMILES string of the molecule is CCCCN(CCCC)CC(=O)Nc1c(C)cccc1Cl.Cl. The van der Waals surface area contributed by atoms with Gasteiger partial charge in [0.05, 0.1) is 17.3 Å². The second kappa shape index (κ2) is 11.8. The van der Waals surface area contributed by atoms with Crippen molar-refractivity contribution >= 4 is 35.6 Å². The highest BCUT2D eigenvalue weighted by atomic mass is 35.5. The van der Waals surface area contributed by atoms with Crippen molar-refractivity contribution in [2.75, 3.05) is 25.0 Å². The molecule has 5 heteroatoms. The fourth-order valence-corrected chi connectivity index (χ4v) is 2.47. The van der Waals surface area contributed by atoms with E-state index in [1.807, 2.05) is 19.1 Å². The second-order valence-corrected chi connectivity index (χ2v) is 5.87. The van der Waals surface area contributed by atoms with Gasteiger partial charge in [0.2, 0.25) is 5.91 Å². The molecule has 0 spiro atoms. The average Bonchev–Trinajstić information content (AvgIpc) is 2.46. The van der Waals surface area contributed by atoms with Crippen molar-refractivity contribution in [1.82, 2.24) is 4.90 Å². The lowest BCUT2D eigenvalue weighted by atomic mass is 10.2. The Hall–Kier alpha value is -0.770. The topological polar surface area (TPSA) is 32.3 Å². The Morgan fingerprint density at radius 3 is 2.27 bits per heavy atom. The number of amides is 1. The summed E-state index contributed by atoms with van der Waals surface area (Å²) in [7, 11) is 0. The van der Waals surface area contributed by atoms with Crippen LogP contribution in [0.3, 0.4) is 0 Å². The van der Waals surface area contributed by atoms with E-state index in [-0.39, 0.29) is 18.3 Å². The minimum Gasteiger partial charge on any atom is -0.323 e. The van der Waals surface area contributed by atoms with Gasteiger partial charge < -0.3 is 5.32 Å². The molecule has 0 radical (unpaired) electrons. The van der Waals surface area contributed by atoms with Gasteiger partial charge >= 0.3 is 0 Å². The molecule has 0 aliphatic carbocycles. The van der Waals surface area contributed by atoms with Crippen LogP contribution in [-0.2, 0) is 4.79 Å². The van der Waals surface area contributed by atoms with Gasteiger partial charge in [0, 0.05) is 0 Å². The standard InChI is InChI=1S/C17H27ClN2O.ClH/c1-4-6-11-20(12-7-5-2)13-16(21)19-17-14(3)9-8-10-15(17)18;/h8-10H,4-7,11-13H2,1-3H3,(H,19,21);1H. The van der Waals surface area contributed by atoms with Crippen molar-refractivity contribution in [3.63, 3.8) is 0 Å². The van der Waals surface area contributed by atoms with Crippen molar-refractivity contribution in [3.8, 4) is 0 Å². The Labute approximate surface area is 145 Å². The highest BCUT2D eigenvalue weighted by Crippen LogP contribution is 2.25. The lowest BCUT2D eigenvalue weighted by Crippen LogP contribution is -2.35. The summed E-state index contributed by atoms with van der Waals surface area (Å²) in [5.41, 5.74) is 1.72. The predicted molar refractivity (Wildman–Crippen MR) is 98.3 cm³/mol. The first-order valence-corrected chi connectivity index (χ1v) is 8.23. The number of rotatable bonds is 9. The molecule has 0 aliphatic heterocycles. The number of hydrogen-bond donors (Lipinski definition) is 1. The van der Waals surface area contributed by atoms with E-state index in [2.05, 4.69) is 24.1 Å². The first kappa shape index (κ1) is 21.2. The van der Waals surface area contributed by atoms with E-state index >= 15 is 0 Å². The molecule has 0 heterocycles. The summed E-state index contributed by atoms with van der Waals surface area (Å²) in [5, 5.41) is 3.54. The first-order chi connectivity index (χ1) is 10.1. The van der Waals surface area contributed by atoms with E-state index < -0.39 is 0 Å². The highest BCUT2D eigenvalue weighted by Gasteiger charge is 2.12. The number of carbonyl (C=O) groups excluding carboxylic acids is 1. The van der Waals surface area contributed by atoms with Crippen molar-refractivity contribution in [3.05, 3.63) is 28.8 Å². The number of hydrogen-bond acceptors (Lipinski definition) is 2. The number of benzene rings is 1. The molecule has 0 fully saturated rings. The molecule has 0 unspecified atom stereocenters. The summed E-state index contributed by atoms with van der Waals surface area (Å²) >= 11 is 6.15. The van der Waals surface area contributed by atoms with Crippen LogP contribution < -0.4 is 5.32 Å². The average molecular weight is 347 g/mol. The normalized spacial score (nSPS) is 10.4. The number of halogens is 2. The number of unbranched alkanes of at least 4 members (excludes halogenated alkanes) is 2. The van der Waals surface area contributed by atoms with E-state index in [1.165, 1.54) is 0 Å². The smallest absolute Gasteiger partial charge is 0.238 e. The minimum atomic E-state index is 0. The van der Waals surface area contributed by atoms with E-state index in [1.54, 1.807) is 6.07 Å². The Morgan fingerprint density at radius 1 is 1.18 bits per heavy atom. The molecule has 1 aromatic rings. The molecule has 0 aromatic heterocycles. The zero-order chi connectivity index (χ0) is 15.7. The number of carbonyl (C=O) groups is 1. The van der Waals surface area contributed by atoms with E-state index in [0.29, 0.717) is 11.6 Å². The number of nitrogens with one attached hydrogen (secondary N) is 1. The van der Waals surface area contributed by atoms with Crippen molar-refractivity contribution < 1.29 is 4.79 Å². The molecule has 1 amide bonds. The summed E-state index contributed by atoms with van der Waals surface area (Å²) in [6.07, 6.45) is 4.55. The Bertz CT molecular complexity index is 424. The van der Waals surface area contributed by atoms with Crippen molar-refractivity contribution in [2.24, 2.45) is 0 Å². The van der Waals surface area contributed by atoms with Crippen molar-refractivity contribution in [2.45, 2.75) is 46.5 Å². The van der Waals surface area contributed by atoms with Crippen LogP contribution in [0.2, 0.25) is 5.02 Å². The quantitative estimate of drug-likeness (QED) is 0.688. The van der Waals surface area contributed by atoms with Crippen LogP contribution >= 0.6 is 24.0 Å². The molecule has 126 valence electrons. The molecule has 1 N–H and O–H groups in total. The van der Waals surface area contributed by atoms with E-state index in [4.69, 9.17) is 11.6 Å². The number of anilines is 1. The highest BCUT2D eigenvalue weighted by molar-refractivity contribution is 6.33. The molecule has 0 saturated carbocycles. The second-order valence-electron chi connectivity index (χ2n) is 5.46. The first-order valence-electron chi connectivity index (χ1n) is 7.85. The molecule has 0 bridgehead atoms. The molecule has 0 aliphatic rings. The molecular weight excluding hydrogens is 319 g/mol. The Kier molecular flexibility index (Phi) is 11.3. The van der Waals surface area contributed by atoms with Crippen LogP contribution in [-0.4, -0.2) is 30.4 Å². The maximum absolute atomic E-state index is 12.2. The van der Waals surface area contributed by atoms with Crippen LogP contribution in [0.5, 0.6) is 0 Å². The monoisotopic (exact) mass is 346 g/mol. The van der Waals surface area contributed by atoms with E-state index in [9.17, 15) is 4.79 Å². The Morgan fingerprint density at radius 2 is 1.77 bits per heavy atom. The maximum Gasteiger partial charge on any atom is 0.238 e. The van der Waals surface area contributed by atoms with Crippen LogP contribution in [0.4, 0.5) is 5.69 Å². The lowest BCUT2D eigenvalue weighted by molar-refractivity contribution is -0.117. The number of nitrogens with zero attached hydrogens (tertiary/aromatic N) is 1. The fraction of sp³-hybridized carbons (Fsp3) is 0.588. The van der Waals surface area contributed by atoms with Gasteiger partial charge in [-0.1, -0.05) is 50.4 Å². The number of aryl methyl sites for hydroxylation is 1. The maximum atomic E-state index is 12.2. The van der Waals surface area contributed by atoms with Gasteiger partial charge in [0.1, 0.15) is 0 Å². The number of para-hydroxylation sites is 1. The largest absolute Gasteiger partial charge is 0.323 e. The molecule has 0 atom stereocenters. The molecule has 1 rings (SSSR count). The molecule has 0 saturated heterocycles. The summed E-state index contributed by atoms with van der Waals surface area (Å²) in [6, 6.07) is 5.64. The fourth-order valence-electron chi connectivity index (χ4n) is 2.21. The molecule has 1 aromatic carbocycles. The zero-order valence-electron chi connectivity index (χ0n) is 13.8. The third-order valence-corrected chi connectivity index (χ3v) is 3.82. The molecule has 22 heavy (non-hydrogen) atoms. The summed E-state index contributed by atoms with van der Waals surface area (Å²) in [5.74, 6) is 0.0124. The lowest BCUT2D eigenvalue weighted by Gasteiger charge is -2.21. The molecule has 3 nitrogen and oxygen atoms in total. The van der Waals surface area contributed by atoms with Gasteiger partial charge in [0.15, 0.2) is 0 Å². The van der Waals surface area contributed by atoms with E-state index in [0.717, 1.165) is 50.0 Å². The van der Waals surface area contributed by atoms with Gasteiger partial charge in [-0.2, -0.15) is 0 Å². The van der Waals surface area contributed by atoms with Gasteiger partial charge in [-0.3, -0.25) is 9.69 Å². The minimum absolute atomic E-state index is 0. The van der Waals surface area contributed by atoms with Crippen LogP contribution in [0.1, 0.15) is 45.1 Å². The zero-order valence-corrected chi connectivity index (χ0v) is 15.4. The van der Waals surface area contributed by atoms with Crippen LogP contribution in [0.15, 0.2) is 18.2 Å². The Balaban J connectivity index is 0.00000441. The summed E-state index contributed by atoms with van der Waals surface area (Å²) in [6.45, 7) is 8.69. The summed E-state index contributed by atoms with van der Waals surface area (Å²) < 4.78 is 0. The van der Waals surface area contributed by atoms with Crippen LogP contribution in [0, 0.1) is 6.92 Å². The molecular formula is C17H28Cl2N2O. The third kappa shape index (κ3) is 7.48. The van der Waals surface area contributed by atoms with Crippen molar-refractivity contribution in [1.29, 1.82) is 0 Å². The third-order valence-electron chi connectivity index (χ3n) is 3.51. The summed E-state index contributed by atoms with van der Waals surface area (Å²) in [4.78, 5) is 14.5. The van der Waals surface area contributed by atoms with Crippen LogP contribution in [0.25, 0.3) is 0 Å². The van der Waals surface area contributed by atoms with Gasteiger partial charge in [-0.15, -0.1) is 12.4 Å². The van der Waals surface area contributed by atoms with Gasteiger partial charge in [-0.05, 0) is 44.5 Å². The predicted octanol–water partition coefficient (Wildman–Crippen LogP) is 4.91. The van der Waals surface area contributed by atoms with Gasteiger partial charge in [-0.25, -0.2) is 0 Å². The van der Waals surface area contributed by atoms with Gasteiger partial charge in [0.25, 0.3) is 0 Å².